The number of aromatic nitrogens is 8. The number of hydrogen-bond donors (Lipinski definition) is 5. The van der Waals surface area contributed by atoms with E-state index in [0.717, 1.165) is 0 Å². The van der Waals surface area contributed by atoms with Crippen molar-refractivity contribution in [1.82, 2.24) is 39.0 Å². The van der Waals surface area contributed by atoms with Gasteiger partial charge in [0.25, 0.3) is 5.56 Å². The molecule has 242 valence electrons. The molecule has 0 aliphatic carbocycles. The van der Waals surface area contributed by atoms with E-state index in [-0.39, 0.29) is 22.8 Å². The number of aromatic amines is 1. The Morgan fingerprint density at radius 2 is 1.53 bits per heavy atom. The van der Waals surface area contributed by atoms with Crippen molar-refractivity contribution >= 4 is 43.8 Å². The Kier molecular flexibility index (Phi) is 7.42. The highest BCUT2D eigenvalue weighted by Crippen LogP contribution is 2.54. The van der Waals surface area contributed by atoms with E-state index in [1.54, 1.807) is 6.92 Å². The largest absolute Gasteiger partial charge is 0.472 e. The topological polar surface area (TPSA) is 283 Å². The molecule has 45 heavy (non-hydrogen) atoms. The molecule has 0 spiro atoms. The van der Waals surface area contributed by atoms with E-state index in [4.69, 9.17) is 33.3 Å². The van der Waals surface area contributed by atoms with Crippen molar-refractivity contribution in [2.75, 3.05) is 18.9 Å². The average Bonchev–Trinajstić information content (AvgIpc) is 3.72. The second kappa shape index (κ2) is 11.0. The monoisotopic (exact) mass is 671 g/mol. The summed E-state index contributed by atoms with van der Waals surface area (Å²) in [4.78, 5) is 57.0. The number of phosphoric ester groups is 2. The molecular formula is C22H27N9O12P2. The second-order valence-electron chi connectivity index (χ2n) is 10.7. The summed E-state index contributed by atoms with van der Waals surface area (Å²) in [5.74, 6) is -0.339. The number of nitrogens with one attached hydrogen (secondary N) is 1. The number of anilines is 1. The molecule has 4 unspecified atom stereocenters. The van der Waals surface area contributed by atoms with Gasteiger partial charge < -0.3 is 35.1 Å². The van der Waals surface area contributed by atoms with Gasteiger partial charge in [-0.1, -0.05) is 6.92 Å². The Morgan fingerprint density at radius 1 is 0.911 bits per heavy atom. The number of nitrogens with two attached hydrogens (primary N) is 1. The number of nitrogen functional groups attached to an aromatic ring is 1. The number of phosphoric acid groups is 2. The molecule has 3 saturated heterocycles. The first-order valence-corrected chi connectivity index (χ1v) is 16.5. The number of aliphatic hydroxyl groups excluding tert-OH is 1. The molecule has 7 rings (SSSR count). The maximum Gasteiger partial charge on any atom is 0.472 e. The highest BCUT2D eigenvalue weighted by Gasteiger charge is 2.53. The summed E-state index contributed by atoms with van der Waals surface area (Å²) in [7, 11) is -9.90. The van der Waals surface area contributed by atoms with Gasteiger partial charge in [-0.05, 0) is 6.92 Å². The first-order valence-electron chi connectivity index (χ1n) is 13.5. The molecule has 4 aromatic heterocycles. The van der Waals surface area contributed by atoms with Crippen molar-refractivity contribution in [3.8, 4) is 0 Å². The van der Waals surface area contributed by atoms with E-state index < -0.39 is 83.3 Å². The molecular weight excluding hydrogens is 644 g/mol. The van der Waals surface area contributed by atoms with E-state index in [1.807, 2.05) is 0 Å². The van der Waals surface area contributed by atoms with Crippen LogP contribution in [0.5, 0.6) is 0 Å². The van der Waals surface area contributed by atoms with E-state index in [0.29, 0.717) is 11.2 Å². The highest BCUT2D eigenvalue weighted by molar-refractivity contribution is 7.47. The smallest absolute Gasteiger partial charge is 0.387 e. The van der Waals surface area contributed by atoms with Crippen molar-refractivity contribution in [2.45, 2.75) is 56.8 Å². The number of fused-ring (bicyclic) bond motifs is 5. The Labute approximate surface area is 251 Å². The lowest BCUT2D eigenvalue weighted by molar-refractivity contribution is -0.0670. The van der Waals surface area contributed by atoms with Crippen LogP contribution in [-0.4, -0.2) is 97.7 Å². The molecule has 0 amide bonds. The van der Waals surface area contributed by atoms with E-state index in [9.17, 15) is 28.8 Å². The van der Waals surface area contributed by atoms with Gasteiger partial charge in [0.05, 0.1) is 25.9 Å². The second-order valence-corrected chi connectivity index (χ2v) is 13.5. The molecule has 4 aromatic rings. The number of hydrogen-bond acceptors (Lipinski definition) is 16. The molecule has 0 radical (unpaired) electrons. The minimum absolute atomic E-state index is 0.0240. The van der Waals surface area contributed by atoms with Crippen molar-refractivity contribution in [2.24, 2.45) is 5.92 Å². The van der Waals surface area contributed by atoms with Crippen LogP contribution in [0, 0.1) is 12.8 Å². The fraction of sp³-hybridized carbons (Fsp3) is 0.545. The van der Waals surface area contributed by atoms with E-state index in [2.05, 4.69) is 29.9 Å². The van der Waals surface area contributed by atoms with Gasteiger partial charge in [0.2, 0.25) is 0 Å². The predicted molar refractivity (Wildman–Crippen MR) is 147 cm³/mol. The van der Waals surface area contributed by atoms with Gasteiger partial charge in [0.1, 0.15) is 54.4 Å². The first kappa shape index (κ1) is 30.5. The minimum Gasteiger partial charge on any atom is -0.387 e. The van der Waals surface area contributed by atoms with Gasteiger partial charge in [-0.25, -0.2) is 34.0 Å². The molecule has 10 atom stereocenters. The maximum absolute atomic E-state index is 13.3. The summed E-state index contributed by atoms with van der Waals surface area (Å²) in [6.45, 7) is 1.81. The van der Waals surface area contributed by atoms with Crippen LogP contribution >= 0.6 is 15.6 Å². The molecule has 21 nitrogen and oxygen atoms in total. The molecule has 2 bridgehead atoms. The average molecular weight is 671 g/mol. The fourth-order valence-electron chi connectivity index (χ4n) is 5.67. The van der Waals surface area contributed by atoms with E-state index >= 15 is 0 Å². The van der Waals surface area contributed by atoms with E-state index in [1.165, 1.54) is 35.0 Å². The zero-order valence-electron chi connectivity index (χ0n) is 23.4. The molecule has 6 N–H and O–H groups in total. The van der Waals surface area contributed by atoms with Gasteiger partial charge in [-0.2, -0.15) is 0 Å². The Morgan fingerprint density at radius 3 is 2.27 bits per heavy atom. The normalized spacial score (nSPS) is 37.7. The lowest BCUT2D eigenvalue weighted by Gasteiger charge is -2.26. The lowest BCUT2D eigenvalue weighted by atomic mass is 10.0. The SMILES string of the molecule is Cc1nc2c(ncn2[C@@H]2O[C@@H]3COP(=O)(O)O[C@@H]4C(C)[C@H](n5cnc6c(N)ncnc65)O[C@@H]4COP(=O)(O)O[C@H]2C3O)c(=O)[nH]1. The summed E-state index contributed by atoms with van der Waals surface area (Å²) >= 11 is 0. The predicted octanol–water partition coefficient (Wildman–Crippen LogP) is -0.340. The number of H-pyrrole nitrogens is 1. The number of rotatable bonds is 2. The van der Waals surface area contributed by atoms with Crippen LogP contribution in [-0.2, 0) is 36.7 Å². The van der Waals surface area contributed by atoms with Crippen LogP contribution in [0.15, 0.2) is 23.8 Å². The fourth-order valence-corrected chi connectivity index (χ4v) is 7.64. The van der Waals surface area contributed by atoms with Gasteiger partial charge >= 0.3 is 15.6 Å². The molecule has 23 heteroatoms. The van der Waals surface area contributed by atoms with Crippen LogP contribution in [0.1, 0.15) is 25.2 Å². The minimum atomic E-state index is -5.01. The van der Waals surface area contributed by atoms with Crippen LogP contribution in [0.25, 0.3) is 22.3 Å². The standard InChI is InChI=1S/C22H27N9O12P2/c1-8-15-11(41-21(8)30-6-26-12-17(23)24-5-25-18(12)30)4-39-45(36,37)43-16-14(32)10(3-38-44(34,35)42-15)40-22(16)31-7-27-13-19(31)28-9(2)29-20(13)33/h5-8,10-11,14-16,21-22,32H,3-4H2,1-2H3,(H,34,35)(H,36,37)(H2,23,24,25)(H,28,29,33)/t8?,10-,11-,14?,15-,16+,21-,22-/m1/s1. The number of aliphatic hydroxyl groups is 1. The van der Waals surface area contributed by atoms with Gasteiger partial charge in [-0.15, -0.1) is 0 Å². The Balaban J connectivity index is 1.21. The quantitative estimate of drug-likeness (QED) is 0.170. The lowest BCUT2D eigenvalue weighted by Crippen LogP contribution is -2.35. The molecule has 3 fully saturated rings. The third kappa shape index (κ3) is 5.38. The van der Waals surface area contributed by atoms with Gasteiger partial charge in [0, 0.05) is 5.92 Å². The van der Waals surface area contributed by atoms with Crippen molar-refractivity contribution in [3.05, 3.63) is 35.2 Å². The third-order valence-corrected chi connectivity index (χ3v) is 9.73. The summed E-state index contributed by atoms with van der Waals surface area (Å²) < 4.78 is 62.6. The van der Waals surface area contributed by atoms with Crippen molar-refractivity contribution in [3.63, 3.8) is 0 Å². The van der Waals surface area contributed by atoms with Crippen LogP contribution < -0.4 is 11.3 Å². The molecule has 0 aromatic carbocycles. The molecule has 0 saturated carbocycles. The van der Waals surface area contributed by atoms with Crippen LogP contribution in [0.2, 0.25) is 0 Å². The van der Waals surface area contributed by atoms with Crippen LogP contribution in [0.3, 0.4) is 0 Å². The van der Waals surface area contributed by atoms with Gasteiger partial charge in [-0.3, -0.25) is 32.0 Å². The maximum atomic E-state index is 13.3. The van der Waals surface area contributed by atoms with Crippen molar-refractivity contribution < 1.29 is 51.6 Å². The zero-order valence-corrected chi connectivity index (χ0v) is 25.2. The Bertz CT molecular complexity index is 1930. The summed E-state index contributed by atoms with van der Waals surface area (Å²) in [6.07, 6.45) is -5.63. The van der Waals surface area contributed by atoms with Crippen LogP contribution in [0.4, 0.5) is 5.82 Å². The molecule has 7 heterocycles. The highest BCUT2D eigenvalue weighted by atomic mass is 31.2. The molecule has 3 aliphatic heterocycles. The number of ether oxygens (including phenoxy) is 2. The summed E-state index contributed by atoms with van der Waals surface area (Å²) in [5.41, 5.74) is 5.90. The summed E-state index contributed by atoms with van der Waals surface area (Å²) in [6, 6.07) is 0. The number of imidazole rings is 2. The number of nitrogens with zero attached hydrogens (tertiary/aromatic N) is 7. The summed E-state index contributed by atoms with van der Waals surface area (Å²) in [5, 5.41) is 11.1. The van der Waals surface area contributed by atoms with Crippen molar-refractivity contribution in [1.29, 1.82) is 0 Å². The third-order valence-electron chi connectivity index (χ3n) is 7.76. The van der Waals surface area contributed by atoms with Gasteiger partial charge in [0.15, 0.2) is 28.9 Å². The number of aryl methyl sites for hydroxylation is 1. The Hall–Kier alpha value is -3.20. The zero-order chi connectivity index (χ0) is 31.8. The molecule has 3 aliphatic rings. The first-order chi connectivity index (χ1) is 21.3.